The summed E-state index contributed by atoms with van der Waals surface area (Å²) in [6.45, 7) is 2.27. The van der Waals surface area contributed by atoms with Crippen LogP contribution in [0.1, 0.15) is 30.4 Å². The molecule has 2 aliphatic rings. The summed E-state index contributed by atoms with van der Waals surface area (Å²) in [5.41, 5.74) is 4.43. The van der Waals surface area contributed by atoms with Crippen LogP contribution in [0.4, 0.5) is 0 Å². The van der Waals surface area contributed by atoms with Crippen molar-refractivity contribution in [2.45, 2.75) is 19.3 Å². The number of hydrogen-bond donors (Lipinski definition) is 0. The normalized spacial score (nSPS) is 21.8. The van der Waals surface area contributed by atoms with Crippen LogP contribution >= 0.6 is 0 Å². The molecule has 0 nitrogen and oxygen atoms in total. The van der Waals surface area contributed by atoms with Crippen molar-refractivity contribution >= 4 is 9.97 Å². The van der Waals surface area contributed by atoms with Crippen molar-refractivity contribution in [3.63, 3.8) is 0 Å². The maximum absolute atomic E-state index is 2.38. The Bertz CT molecular complexity index is 575. The molecule has 0 aromatic heterocycles. The van der Waals surface area contributed by atoms with Gasteiger partial charge in [-0.05, 0) is 0 Å². The van der Waals surface area contributed by atoms with Crippen LogP contribution in [0.5, 0.6) is 0 Å². The summed E-state index contributed by atoms with van der Waals surface area (Å²) in [6, 6.07) is 8.78. The van der Waals surface area contributed by atoms with Gasteiger partial charge in [-0.15, -0.1) is 0 Å². The molecule has 90 valence electrons. The first-order valence-electron chi connectivity index (χ1n) is 6.40. The fourth-order valence-electron chi connectivity index (χ4n) is 3.01. The van der Waals surface area contributed by atoms with Gasteiger partial charge in [-0.1, -0.05) is 0 Å². The Labute approximate surface area is 120 Å². The van der Waals surface area contributed by atoms with Crippen molar-refractivity contribution in [1.82, 2.24) is 0 Å². The molecule has 0 saturated carbocycles. The summed E-state index contributed by atoms with van der Waals surface area (Å²) in [4.78, 5) is 0. The molecule has 1 aromatic carbocycles. The van der Waals surface area contributed by atoms with Crippen LogP contribution in [0.2, 0.25) is 0 Å². The molecule has 0 N–H and O–H groups in total. The molecule has 0 bridgehead atoms. The van der Waals surface area contributed by atoms with Crippen LogP contribution in [0.25, 0.3) is 6.08 Å². The monoisotopic (exact) mass is 318 g/mol. The third-order valence-corrected chi connectivity index (χ3v) is 4.46. The third-order valence-electron chi connectivity index (χ3n) is 3.83. The quantitative estimate of drug-likeness (QED) is 0.738. The summed E-state index contributed by atoms with van der Waals surface area (Å²) < 4.78 is 1.52. The van der Waals surface area contributed by atoms with E-state index < -0.39 is 0 Å². The van der Waals surface area contributed by atoms with Gasteiger partial charge in [0.1, 0.15) is 0 Å². The fourth-order valence-corrected chi connectivity index (χ4v) is 3.74. The van der Waals surface area contributed by atoms with E-state index in [2.05, 4.69) is 80.9 Å². The standard InChI is InChI=1S/C17H16.Mo/c1-2-15(13-7-3-4-8-13)17-12-11-14-9-5-6-10-16(14)17;/h3-7,9-12,15,17H,8H2,1H3;. The molecule has 1 aromatic rings. The molecule has 0 aliphatic heterocycles. The molecule has 0 spiro atoms. The van der Waals surface area contributed by atoms with Gasteiger partial charge in [-0.25, -0.2) is 0 Å². The summed E-state index contributed by atoms with van der Waals surface area (Å²) in [6.07, 6.45) is 12.5. The first kappa shape index (κ1) is 12.1. The van der Waals surface area contributed by atoms with Crippen molar-refractivity contribution in [3.8, 4) is 0 Å². The topological polar surface area (TPSA) is 0 Å². The zero-order valence-corrected chi connectivity index (χ0v) is 12.5. The van der Waals surface area contributed by atoms with Crippen LogP contribution < -0.4 is 0 Å². The molecule has 0 fully saturated rings. The van der Waals surface area contributed by atoms with E-state index >= 15 is 0 Å². The van der Waals surface area contributed by atoms with Gasteiger partial charge in [-0.2, -0.15) is 0 Å². The number of benzene rings is 1. The average molecular weight is 316 g/mol. The van der Waals surface area contributed by atoms with Crippen LogP contribution in [0, 0.1) is 5.92 Å². The molecule has 0 saturated heterocycles. The van der Waals surface area contributed by atoms with Crippen LogP contribution in [-0.4, -0.2) is 3.90 Å². The van der Waals surface area contributed by atoms with Gasteiger partial charge in [0.25, 0.3) is 0 Å². The molecule has 1 heteroatoms. The maximum atomic E-state index is 2.38. The van der Waals surface area contributed by atoms with E-state index in [1.165, 1.54) is 15.0 Å². The molecular weight excluding hydrogens is 300 g/mol. The SMILES string of the molecule is C[C](=[Mo])C(C1=CC=CC1)C1C=Cc2ccccc21. The van der Waals surface area contributed by atoms with Gasteiger partial charge in [0.2, 0.25) is 0 Å². The van der Waals surface area contributed by atoms with Gasteiger partial charge < -0.3 is 0 Å². The molecule has 0 radical (unpaired) electrons. The predicted octanol–water partition coefficient (Wildman–Crippen LogP) is 4.04. The van der Waals surface area contributed by atoms with Gasteiger partial charge >= 0.3 is 120 Å². The minimum absolute atomic E-state index is 0.528. The van der Waals surface area contributed by atoms with Crippen molar-refractivity contribution in [3.05, 3.63) is 65.3 Å². The van der Waals surface area contributed by atoms with Gasteiger partial charge in [0, 0.05) is 0 Å². The number of fused-ring (bicyclic) bond motifs is 1. The van der Waals surface area contributed by atoms with Crippen LogP contribution in [0.3, 0.4) is 0 Å². The summed E-state index contributed by atoms with van der Waals surface area (Å²) in [7, 11) is 0. The first-order chi connectivity index (χ1) is 8.77. The molecule has 2 atom stereocenters. The number of rotatable bonds is 3. The van der Waals surface area contributed by atoms with E-state index in [-0.39, 0.29) is 0 Å². The Kier molecular flexibility index (Phi) is 3.31. The Morgan fingerprint density at radius 2 is 2.17 bits per heavy atom. The van der Waals surface area contributed by atoms with Gasteiger partial charge in [0.15, 0.2) is 0 Å². The summed E-state index contributed by atoms with van der Waals surface area (Å²) >= 11 is 2.18. The Balaban J connectivity index is 1.99. The second-order valence-electron chi connectivity index (χ2n) is 4.98. The van der Waals surface area contributed by atoms with E-state index in [1.807, 2.05) is 0 Å². The second-order valence-corrected chi connectivity index (χ2v) is 6.56. The van der Waals surface area contributed by atoms with Crippen molar-refractivity contribution < 1.29 is 19.4 Å². The van der Waals surface area contributed by atoms with Crippen molar-refractivity contribution in [2.75, 3.05) is 0 Å². The molecule has 2 unspecified atom stereocenters. The van der Waals surface area contributed by atoms with Gasteiger partial charge in [-0.3, -0.25) is 0 Å². The molecular formula is C17H16Mo. The molecule has 0 amide bonds. The van der Waals surface area contributed by atoms with E-state index in [1.54, 1.807) is 5.57 Å². The Morgan fingerprint density at radius 3 is 2.89 bits per heavy atom. The second kappa shape index (κ2) is 4.94. The molecule has 2 aliphatic carbocycles. The van der Waals surface area contributed by atoms with E-state index in [0.717, 1.165) is 6.42 Å². The predicted molar refractivity (Wildman–Crippen MR) is 74.2 cm³/mol. The summed E-state index contributed by atoms with van der Waals surface area (Å²) in [5.74, 6) is 1.09. The Hall–Kier alpha value is -1.00. The molecule has 18 heavy (non-hydrogen) atoms. The van der Waals surface area contributed by atoms with Gasteiger partial charge in [0.05, 0.1) is 0 Å². The zero-order chi connectivity index (χ0) is 12.5. The number of allylic oxidation sites excluding steroid dienone is 5. The molecule has 3 rings (SSSR count). The van der Waals surface area contributed by atoms with Crippen LogP contribution in [0.15, 0.2) is 54.1 Å². The summed E-state index contributed by atoms with van der Waals surface area (Å²) in [5, 5.41) is 0. The average Bonchev–Trinajstić information content (AvgIpc) is 3.00. The first-order valence-corrected chi connectivity index (χ1v) is 7.41. The van der Waals surface area contributed by atoms with E-state index in [0.29, 0.717) is 11.8 Å². The van der Waals surface area contributed by atoms with E-state index in [9.17, 15) is 0 Å². The van der Waals surface area contributed by atoms with Crippen molar-refractivity contribution in [1.29, 1.82) is 0 Å². The van der Waals surface area contributed by atoms with E-state index in [4.69, 9.17) is 0 Å². The number of hydrogen-bond acceptors (Lipinski definition) is 0. The zero-order valence-electron chi connectivity index (χ0n) is 10.5. The fraction of sp³-hybridized carbons (Fsp3) is 0.235. The Morgan fingerprint density at radius 1 is 1.33 bits per heavy atom. The minimum atomic E-state index is 0.528. The molecule has 0 heterocycles. The third kappa shape index (κ3) is 2.04. The van der Waals surface area contributed by atoms with Crippen LogP contribution in [-0.2, 0) is 19.4 Å². The van der Waals surface area contributed by atoms with Crippen molar-refractivity contribution in [2.24, 2.45) is 5.92 Å².